The molecule has 0 radical (unpaired) electrons. The molecule has 1 aliphatic rings. The zero-order valence-corrected chi connectivity index (χ0v) is 11.3. The maximum atomic E-state index is 4.39. The number of halogens is 2. The van der Waals surface area contributed by atoms with E-state index in [9.17, 15) is 0 Å². The summed E-state index contributed by atoms with van der Waals surface area (Å²) in [6.45, 7) is 8.14. The Kier molecular flexibility index (Phi) is 8.17. The van der Waals surface area contributed by atoms with Crippen molar-refractivity contribution in [3.8, 4) is 0 Å². The lowest BCUT2D eigenvalue weighted by atomic mass is 10.1. The van der Waals surface area contributed by atoms with Crippen molar-refractivity contribution in [2.45, 2.75) is 6.04 Å². The molecule has 0 bridgehead atoms. The molecule has 0 amide bonds. The van der Waals surface area contributed by atoms with E-state index in [-0.39, 0.29) is 30.9 Å². The first kappa shape index (κ1) is 16.4. The SMILES string of the molecule is C=C[C@H](c1ccccn1)N1CCNCC1.Cl.Cl. The smallest absolute Gasteiger partial charge is 0.0704 e. The van der Waals surface area contributed by atoms with Crippen molar-refractivity contribution in [1.29, 1.82) is 0 Å². The van der Waals surface area contributed by atoms with Gasteiger partial charge in [0.1, 0.15) is 0 Å². The standard InChI is InChI=1S/C12H17N3.2ClH/c1-2-12(11-5-3-4-6-14-11)15-9-7-13-8-10-15;;/h2-6,12-13H,1,7-10H2;2*1H/t12-;;/m1../s1. The molecule has 96 valence electrons. The molecule has 0 aromatic carbocycles. The lowest BCUT2D eigenvalue weighted by molar-refractivity contribution is 0.200. The van der Waals surface area contributed by atoms with Crippen LogP contribution in [0.15, 0.2) is 37.1 Å². The normalized spacial score (nSPS) is 17.4. The second kappa shape index (κ2) is 8.48. The van der Waals surface area contributed by atoms with Gasteiger partial charge in [0.25, 0.3) is 0 Å². The van der Waals surface area contributed by atoms with Gasteiger partial charge in [-0.3, -0.25) is 9.88 Å². The Morgan fingerprint density at radius 2 is 2.00 bits per heavy atom. The Morgan fingerprint density at radius 1 is 1.29 bits per heavy atom. The summed E-state index contributed by atoms with van der Waals surface area (Å²) in [5.41, 5.74) is 1.09. The van der Waals surface area contributed by atoms with Gasteiger partial charge in [-0.05, 0) is 12.1 Å². The molecule has 0 saturated carbocycles. The van der Waals surface area contributed by atoms with E-state index in [2.05, 4.69) is 27.8 Å². The van der Waals surface area contributed by atoms with Gasteiger partial charge in [0.2, 0.25) is 0 Å². The van der Waals surface area contributed by atoms with Crippen LogP contribution in [0.2, 0.25) is 0 Å². The average Bonchev–Trinajstić information content (AvgIpc) is 2.33. The first-order valence-electron chi connectivity index (χ1n) is 5.40. The fourth-order valence-corrected chi connectivity index (χ4v) is 1.97. The van der Waals surface area contributed by atoms with Gasteiger partial charge >= 0.3 is 0 Å². The summed E-state index contributed by atoms with van der Waals surface area (Å²) in [5.74, 6) is 0. The van der Waals surface area contributed by atoms with Gasteiger partial charge in [-0.2, -0.15) is 0 Å². The van der Waals surface area contributed by atoms with E-state index in [4.69, 9.17) is 0 Å². The number of rotatable bonds is 3. The minimum Gasteiger partial charge on any atom is -0.314 e. The highest BCUT2D eigenvalue weighted by atomic mass is 35.5. The number of hydrogen-bond acceptors (Lipinski definition) is 3. The number of piperazine rings is 1. The van der Waals surface area contributed by atoms with E-state index in [1.165, 1.54) is 0 Å². The van der Waals surface area contributed by atoms with Crippen molar-refractivity contribution < 1.29 is 0 Å². The molecular formula is C12H19Cl2N3. The Hall–Kier alpha value is -0.610. The van der Waals surface area contributed by atoms with Crippen molar-refractivity contribution in [2.75, 3.05) is 26.2 Å². The summed E-state index contributed by atoms with van der Waals surface area (Å²) in [4.78, 5) is 6.80. The quantitative estimate of drug-likeness (QED) is 0.856. The zero-order valence-electron chi connectivity index (χ0n) is 9.71. The van der Waals surface area contributed by atoms with E-state index in [1.807, 2.05) is 24.4 Å². The summed E-state index contributed by atoms with van der Waals surface area (Å²) in [7, 11) is 0. The monoisotopic (exact) mass is 275 g/mol. The molecule has 0 spiro atoms. The lowest BCUT2D eigenvalue weighted by Gasteiger charge is -2.32. The Morgan fingerprint density at radius 3 is 2.53 bits per heavy atom. The van der Waals surface area contributed by atoms with E-state index >= 15 is 0 Å². The fourth-order valence-electron chi connectivity index (χ4n) is 1.97. The molecule has 1 aromatic heterocycles. The number of nitrogens with zero attached hydrogens (tertiary/aromatic N) is 2. The molecule has 1 aliphatic heterocycles. The van der Waals surface area contributed by atoms with Crippen LogP contribution in [0.1, 0.15) is 11.7 Å². The lowest BCUT2D eigenvalue weighted by Crippen LogP contribution is -2.44. The number of pyridine rings is 1. The summed E-state index contributed by atoms with van der Waals surface area (Å²) in [5, 5.41) is 3.35. The number of aromatic nitrogens is 1. The summed E-state index contributed by atoms with van der Waals surface area (Å²) < 4.78 is 0. The summed E-state index contributed by atoms with van der Waals surface area (Å²) in [6.07, 6.45) is 3.82. The maximum absolute atomic E-state index is 4.39. The van der Waals surface area contributed by atoms with Crippen molar-refractivity contribution in [1.82, 2.24) is 15.2 Å². The molecule has 1 saturated heterocycles. The van der Waals surface area contributed by atoms with Crippen LogP contribution in [0.25, 0.3) is 0 Å². The first-order valence-corrected chi connectivity index (χ1v) is 5.40. The van der Waals surface area contributed by atoms with E-state index in [0.29, 0.717) is 0 Å². The van der Waals surface area contributed by atoms with Gasteiger partial charge in [-0.25, -0.2) is 0 Å². The first-order chi connectivity index (χ1) is 7.42. The molecule has 1 aromatic rings. The van der Waals surface area contributed by atoms with Crippen LogP contribution in [0.3, 0.4) is 0 Å². The third kappa shape index (κ3) is 4.28. The minimum atomic E-state index is 0. The van der Waals surface area contributed by atoms with Crippen LogP contribution in [-0.4, -0.2) is 36.1 Å². The third-order valence-electron chi connectivity index (χ3n) is 2.76. The summed E-state index contributed by atoms with van der Waals surface area (Å²) in [6, 6.07) is 6.30. The minimum absolute atomic E-state index is 0. The summed E-state index contributed by atoms with van der Waals surface area (Å²) >= 11 is 0. The van der Waals surface area contributed by atoms with Crippen LogP contribution in [0, 0.1) is 0 Å². The highest BCUT2D eigenvalue weighted by Gasteiger charge is 2.19. The van der Waals surface area contributed by atoms with Crippen LogP contribution < -0.4 is 5.32 Å². The molecule has 17 heavy (non-hydrogen) atoms. The molecule has 1 N–H and O–H groups in total. The van der Waals surface area contributed by atoms with E-state index in [0.717, 1.165) is 31.9 Å². The van der Waals surface area contributed by atoms with Crippen LogP contribution in [-0.2, 0) is 0 Å². The van der Waals surface area contributed by atoms with Gasteiger partial charge in [-0.1, -0.05) is 12.1 Å². The van der Waals surface area contributed by atoms with Gasteiger partial charge in [-0.15, -0.1) is 31.4 Å². The van der Waals surface area contributed by atoms with Gasteiger partial charge in [0.15, 0.2) is 0 Å². The van der Waals surface area contributed by atoms with E-state index < -0.39 is 0 Å². The highest BCUT2D eigenvalue weighted by Crippen LogP contribution is 2.19. The predicted octanol–water partition coefficient (Wildman–Crippen LogP) is 2.06. The van der Waals surface area contributed by atoms with Crippen LogP contribution in [0.4, 0.5) is 0 Å². The Bertz CT molecular complexity index is 313. The van der Waals surface area contributed by atoms with Crippen LogP contribution >= 0.6 is 24.8 Å². The van der Waals surface area contributed by atoms with Gasteiger partial charge in [0.05, 0.1) is 11.7 Å². The van der Waals surface area contributed by atoms with Crippen LogP contribution in [0.5, 0.6) is 0 Å². The highest BCUT2D eigenvalue weighted by molar-refractivity contribution is 5.85. The molecule has 2 heterocycles. The molecule has 0 aliphatic carbocycles. The molecular weight excluding hydrogens is 257 g/mol. The Balaban J connectivity index is 0.00000128. The van der Waals surface area contributed by atoms with Crippen molar-refractivity contribution in [2.24, 2.45) is 0 Å². The zero-order chi connectivity index (χ0) is 10.5. The fraction of sp³-hybridized carbons (Fsp3) is 0.417. The predicted molar refractivity (Wildman–Crippen MR) is 76.1 cm³/mol. The van der Waals surface area contributed by atoms with E-state index in [1.54, 1.807) is 0 Å². The second-order valence-corrected chi connectivity index (χ2v) is 3.72. The number of hydrogen-bond donors (Lipinski definition) is 1. The molecule has 5 heteroatoms. The van der Waals surface area contributed by atoms with Crippen molar-refractivity contribution in [3.05, 3.63) is 42.7 Å². The van der Waals surface area contributed by atoms with Gasteiger partial charge in [0, 0.05) is 32.4 Å². The topological polar surface area (TPSA) is 28.2 Å². The van der Waals surface area contributed by atoms with Gasteiger partial charge < -0.3 is 5.32 Å². The number of nitrogens with one attached hydrogen (secondary N) is 1. The second-order valence-electron chi connectivity index (χ2n) is 3.72. The molecule has 1 atom stereocenters. The molecule has 1 fully saturated rings. The largest absolute Gasteiger partial charge is 0.314 e. The third-order valence-corrected chi connectivity index (χ3v) is 2.76. The van der Waals surface area contributed by atoms with Crippen molar-refractivity contribution >= 4 is 24.8 Å². The van der Waals surface area contributed by atoms with Crippen molar-refractivity contribution in [3.63, 3.8) is 0 Å². The maximum Gasteiger partial charge on any atom is 0.0704 e. The average molecular weight is 276 g/mol. The molecule has 2 rings (SSSR count). The molecule has 3 nitrogen and oxygen atoms in total. The Labute approximate surface area is 115 Å². The molecule has 0 unspecified atom stereocenters.